The van der Waals surface area contributed by atoms with Gasteiger partial charge in [-0.05, 0) is 66.0 Å². The molecule has 0 spiro atoms. The number of aromatic nitrogens is 1. The quantitative estimate of drug-likeness (QED) is 0.399. The number of aryl methyl sites for hydroxylation is 1. The predicted octanol–water partition coefficient (Wildman–Crippen LogP) is 5.24. The number of H-pyrrole nitrogens is 1. The second-order valence-electron chi connectivity index (χ2n) is 7.66. The van der Waals surface area contributed by atoms with Gasteiger partial charge in [-0.2, -0.15) is 0 Å². The van der Waals surface area contributed by atoms with Gasteiger partial charge in [0.1, 0.15) is 5.75 Å². The van der Waals surface area contributed by atoms with Gasteiger partial charge in [0, 0.05) is 17.8 Å². The second-order valence-corrected chi connectivity index (χ2v) is 8.05. The normalized spacial score (nSPS) is 10.7. The third-order valence-electron chi connectivity index (χ3n) is 5.37. The summed E-state index contributed by atoms with van der Waals surface area (Å²) < 4.78 is 5.27. The molecule has 0 atom stereocenters. The number of fused-ring (bicyclic) bond motifs is 1. The molecule has 3 aromatic carbocycles. The Labute approximate surface area is 192 Å². The lowest BCUT2D eigenvalue weighted by Gasteiger charge is -2.26. The van der Waals surface area contributed by atoms with Crippen molar-refractivity contribution in [1.82, 2.24) is 9.88 Å². The molecule has 4 aromatic rings. The van der Waals surface area contributed by atoms with E-state index in [-0.39, 0.29) is 5.56 Å². The Hall–Kier alpha value is -3.64. The largest absolute Gasteiger partial charge is 0.497 e. The van der Waals surface area contributed by atoms with E-state index in [1.807, 2.05) is 90.7 Å². The van der Waals surface area contributed by atoms with Crippen LogP contribution in [0.2, 0.25) is 0 Å². The number of para-hydroxylation sites is 2. The number of nitrogens with one attached hydrogen (secondary N) is 2. The standard InChI is InChI=1S/C26H25N3O2S/c1-18-7-6-8-20-15-21(25(30)28-24(18)20)17-29(16-19-11-13-23(31-2)14-12-19)26(32)27-22-9-4-3-5-10-22/h3-15H,16-17H2,1-2H3,(H,27,32)(H,28,30). The summed E-state index contributed by atoms with van der Waals surface area (Å²) in [5.41, 5.74) is 4.44. The number of hydrogen-bond donors (Lipinski definition) is 2. The number of rotatable bonds is 6. The summed E-state index contributed by atoms with van der Waals surface area (Å²) >= 11 is 5.74. The van der Waals surface area contributed by atoms with E-state index in [9.17, 15) is 4.79 Å². The van der Waals surface area contributed by atoms with Gasteiger partial charge >= 0.3 is 0 Å². The highest BCUT2D eigenvalue weighted by atomic mass is 32.1. The SMILES string of the molecule is COc1ccc(CN(Cc2cc3cccc(C)c3[nH]c2=O)C(=S)Nc2ccccc2)cc1. The molecule has 0 saturated heterocycles. The third kappa shape index (κ3) is 4.98. The van der Waals surface area contributed by atoms with Gasteiger partial charge in [-0.25, -0.2) is 0 Å². The maximum absolute atomic E-state index is 12.9. The Morgan fingerprint density at radius 3 is 2.47 bits per heavy atom. The van der Waals surface area contributed by atoms with Crippen LogP contribution < -0.4 is 15.6 Å². The van der Waals surface area contributed by atoms with Crippen molar-refractivity contribution in [3.63, 3.8) is 0 Å². The zero-order valence-corrected chi connectivity index (χ0v) is 18.9. The van der Waals surface area contributed by atoms with E-state index in [0.29, 0.717) is 23.8 Å². The van der Waals surface area contributed by atoms with E-state index < -0.39 is 0 Å². The van der Waals surface area contributed by atoms with Crippen LogP contribution in [-0.4, -0.2) is 22.1 Å². The smallest absolute Gasteiger partial charge is 0.253 e. The fourth-order valence-electron chi connectivity index (χ4n) is 3.63. The van der Waals surface area contributed by atoms with E-state index in [4.69, 9.17) is 17.0 Å². The summed E-state index contributed by atoms with van der Waals surface area (Å²) in [4.78, 5) is 17.9. The van der Waals surface area contributed by atoms with Crippen LogP contribution in [0.3, 0.4) is 0 Å². The molecule has 162 valence electrons. The average molecular weight is 444 g/mol. The van der Waals surface area contributed by atoms with Gasteiger partial charge < -0.3 is 19.9 Å². The lowest BCUT2D eigenvalue weighted by atomic mass is 10.1. The molecule has 0 bridgehead atoms. The van der Waals surface area contributed by atoms with Gasteiger partial charge in [-0.3, -0.25) is 4.79 Å². The molecule has 0 saturated carbocycles. The van der Waals surface area contributed by atoms with E-state index in [0.717, 1.165) is 33.5 Å². The van der Waals surface area contributed by atoms with Gasteiger partial charge in [0.15, 0.2) is 5.11 Å². The predicted molar refractivity (Wildman–Crippen MR) is 134 cm³/mol. The highest BCUT2D eigenvalue weighted by Gasteiger charge is 2.15. The molecule has 0 aliphatic heterocycles. The fraction of sp³-hybridized carbons (Fsp3) is 0.154. The number of pyridine rings is 1. The molecule has 0 aliphatic rings. The molecule has 4 rings (SSSR count). The summed E-state index contributed by atoms with van der Waals surface area (Å²) in [6.45, 7) is 2.92. The van der Waals surface area contributed by atoms with Crippen molar-refractivity contribution in [3.8, 4) is 5.75 Å². The molecule has 1 heterocycles. The molecule has 6 heteroatoms. The molecule has 5 nitrogen and oxygen atoms in total. The van der Waals surface area contributed by atoms with Crippen LogP contribution in [0.5, 0.6) is 5.75 Å². The van der Waals surface area contributed by atoms with Crippen LogP contribution in [-0.2, 0) is 13.1 Å². The number of nitrogens with zero attached hydrogens (tertiary/aromatic N) is 1. The van der Waals surface area contributed by atoms with Crippen LogP contribution in [0.15, 0.2) is 83.7 Å². The monoisotopic (exact) mass is 443 g/mol. The van der Waals surface area contributed by atoms with Crippen molar-refractivity contribution >= 4 is 33.9 Å². The summed E-state index contributed by atoms with van der Waals surface area (Å²) in [6, 6.07) is 25.6. The fourth-order valence-corrected chi connectivity index (χ4v) is 3.87. The summed E-state index contributed by atoms with van der Waals surface area (Å²) in [5, 5.41) is 4.85. The number of methoxy groups -OCH3 is 1. The Morgan fingerprint density at radius 2 is 1.75 bits per heavy atom. The zero-order valence-electron chi connectivity index (χ0n) is 18.1. The van der Waals surface area contributed by atoms with Gasteiger partial charge in [-0.15, -0.1) is 0 Å². The lowest BCUT2D eigenvalue weighted by molar-refractivity contribution is 0.406. The number of anilines is 1. The van der Waals surface area contributed by atoms with Crippen LogP contribution in [0, 0.1) is 6.92 Å². The summed E-state index contributed by atoms with van der Waals surface area (Å²) in [6.07, 6.45) is 0. The molecule has 0 unspecified atom stereocenters. The topological polar surface area (TPSA) is 57.4 Å². The summed E-state index contributed by atoms with van der Waals surface area (Å²) in [7, 11) is 1.65. The molecule has 0 amide bonds. The molecular weight excluding hydrogens is 418 g/mol. The van der Waals surface area contributed by atoms with Crippen LogP contribution in [0.25, 0.3) is 10.9 Å². The zero-order chi connectivity index (χ0) is 22.5. The number of thiocarbonyl (C=S) groups is 1. The Balaban J connectivity index is 1.64. The maximum atomic E-state index is 12.9. The van der Waals surface area contributed by atoms with Crippen molar-refractivity contribution in [2.75, 3.05) is 12.4 Å². The first-order chi connectivity index (χ1) is 15.5. The first-order valence-electron chi connectivity index (χ1n) is 10.4. The van der Waals surface area contributed by atoms with Crippen molar-refractivity contribution in [1.29, 1.82) is 0 Å². The third-order valence-corrected chi connectivity index (χ3v) is 5.73. The number of hydrogen-bond acceptors (Lipinski definition) is 3. The minimum absolute atomic E-state index is 0.103. The lowest BCUT2D eigenvalue weighted by Crippen LogP contribution is -2.35. The number of ether oxygens (including phenoxy) is 1. The molecule has 32 heavy (non-hydrogen) atoms. The summed E-state index contributed by atoms with van der Waals surface area (Å²) in [5.74, 6) is 0.798. The van der Waals surface area contributed by atoms with Crippen LogP contribution in [0.1, 0.15) is 16.7 Å². The van der Waals surface area contributed by atoms with Crippen LogP contribution >= 0.6 is 12.2 Å². The van der Waals surface area contributed by atoms with Crippen molar-refractivity contribution < 1.29 is 4.74 Å². The molecule has 0 fully saturated rings. The van der Waals surface area contributed by atoms with E-state index in [1.165, 1.54) is 0 Å². The Bertz CT molecular complexity index is 1280. The molecule has 1 aromatic heterocycles. The van der Waals surface area contributed by atoms with Gasteiger partial charge in [0.25, 0.3) is 5.56 Å². The molecule has 0 aliphatic carbocycles. The highest BCUT2D eigenvalue weighted by molar-refractivity contribution is 7.80. The Morgan fingerprint density at radius 1 is 1.00 bits per heavy atom. The van der Waals surface area contributed by atoms with E-state index in [1.54, 1.807) is 7.11 Å². The molecular formula is C26H25N3O2S. The van der Waals surface area contributed by atoms with E-state index >= 15 is 0 Å². The van der Waals surface area contributed by atoms with Gasteiger partial charge in [0.05, 0.1) is 19.2 Å². The minimum Gasteiger partial charge on any atom is -0.497 e. The highest BCUT2D eigenvalue weighted by Crippen LogP contribution is 2.19. The van der Waals surface area contributed by atoms with Crippen molar-refractivity contribution in [3.05, 3.63) is 106 Å². The number of aromatic amines is 1. The van der Waals surface area contributed by atoms with Crippen molar-refractivity contribution in [2.24, 2.45) is 0 Å². The average Bonchev–Trinajstić information content (AvgIpc) is 2.81. The Kier molecular flexibility index (Phi) is 6.52. The second kappa shape index (κ2) is 9.66. The van der Waals surface area contributed by atoms with Gasteiger partial charge in [-0.1, -0.05) is 48.5 Å². The molecule has 0 radical (unpaired) electrons. The minimum atomic E-state index is -0.103. The number of benzene rings is 3. The first-order valence-corrected chi connectivity index (χ1v) is 10.8. The first kappa shape index (κ1) is 21.6. The van der Waals surface area contributed by atoms with Crippen molar-refractivity contribution in [2.45, 2.75) is 20.0 Å². The van der Waals surface area contributed by atoms with E-state index in [2.05, 4.69) is 10.3 Å². The molecule has 2 N–H and O–H groups in total. The maximum Gasteiger partial charge on any atom is 0.253 e. The van der Waals surface area contributed by atoms with Crippen LogP contribution in [0.4, 0.5) is 5.69 Å². The van der Waals surface area contributed by atoms with Gasteiger partial charge in [0.2, 0.25) is 0 Å².